The summed E-state index contributed by atoms with van der Waals surface area (Å²) in [5, 5.41) is 5.77. The number of fused-ring (bicyclic) bond motifs is 1. The summed E-state index contributed by atoms with van der Waals surface area (Å²) in [7, 11) is 1.38. The molecule has 1 aromatic carbocycles. The summed E-state index contributed by atoms with van der Waals surface area (Å²) in [6.07, 6.45) is 1.70. The first-order valence-corrected chi connectivity index (χ1v) is 11.3. The van der Waals surface area contributed by atoms with Crippen LogP contribution in [0.4, 0.5) is 21.1 Å². The van der Waals surface area contributed by atoms with E-state index in [2.05, 4.69) is 22.5 Å². The maximum absolute atomic E-state index is 12.2. The number of nitrogens with one attached hydrogen (secondary N) is 2. The average molecular weight is 453 g/mol. The normalized spacial score (nSPS) is 19.8. The van der Waals surface area contributed by atoms with Crippen molar-refractivity contribution in [1.29, 1.82) is 0 Å². The quantitative estimate of drug-likeness (QED) is 0.734. The van der Waals surface area contributed by atoms with E-state index in [0.29, 0.717) is 43.9 Å². The summed E-state index contributed by atoms with van der Waals surface area (Å²) in [5.41, 5.74) is 3.32. The summed E-state index contributed by atoms with van der Waals surface area (Å²) in [4.78, 5) is 37.7. The van der Waals surface area contributed by atoms with Gasteiger partial charge in [0.05, 0.1) is 45.1 Å². The zero-order chi connectivity index (χ0) is 22.9. The molecule has 2 aromatic rings. The molecule has 174 valence electrons. The summed E-state index contributed by atoms with van der Waals surface area (Å²) < 4.78 is 10.5. The van der Waals surface area contributed by atoms with E-state index in [0.717, 1.165) is 42.0 Å². The highest BCUT2D eigenvalue weighted by Gasteiger charge is 2.33. The number of methoxy groups -OCH3 is 1. The minimum absolute atomic E-state index is 0.161. The summed E-state index contributed by atoms with van der Waals surface area (Å²) in [6.45, 7) is 4.88. The van der Waals surface area contributed by atoms with E-state index < -0.39 is 0 Å². The molecule has 1 atom stereocenters. The molecule has 0 bridgehead atoms. The second kappa shape index (κ2) is 8.86. The lowest BCUT2D eigenvalue weighted by Crippen LogP contribution is -2.44. The lowest BCUT2D eigenvalue weighted by Gasteiger charge is -2.35. The Morgan fingerprint density at radius 1 is 1.15 bits per heavy atom. The molecule has 1 unspecified atom stereocenters. The largest absolute Gasteiger partial charge is 0.453 e. The number of hydrogen-bond donors (Lipinski definition) is 2. The van der Waals surface area contributed by atoms with Gasteiger partial charge in [-0.1, -0.05) is 0 Å². The van der Waals surface area contributed by atoms with Crippen molar-refractivity contribution in [1.82, 2.24) is 20.2 Å². The van der Waals surface area contributed by atoms with Crippen LogP contribution >= 0.6 is 0 Å². The lowest BCUT2D eigenvalue weighted by molar-refractivity contribution is 0.0983. The second-order valence-corrected chi connectivity index (χ2v) is 8.69. The van der Waals surface area contributed by atoms with Gasteiger partial charge in [0.2, 0.25) is 0 Å². The van der Waals surface area contributed by atoms with E-state index in [9.17, 15) is 9.59 Å². The van der Waals surface area contributed by atoms with Gasteiger partial charge < -0.3 is 25.0 Å². The fourth-order valence-electron chi connectivity index (χ4n) is 4.19. The number of ether oxygens (including phenoxy) is 2. The summed E-state index contributed by atoms with van der Waals surface area (Å²) in [6, 6.07) is 7.75. The molecule has 0 radical (unpaired) electrons. The van der Waals surface area contributed by atoms with Crippen LogP contribution in [0.3, 0.4) is 0 Å². The van der Waals surface area contributed by atoms with Gasteiger partial charge >= 0.3 is 12.1 Å². The second-order valence-electron chi connectivity index (χ2n) is 8.69. The predicted molar refractivity (Wildman–Crippen MR) is 122 cm³/mol. The van der Waals surface area contributed by atoms with Crippen LogP contribution in [0.1, 0.15) is 31.0 Å². The SMILES string of the molecule is COC(=O)N1Cc2nc(-c3ccc(NC(=O)NC4CC4)cc3)nc(N3CCOCC3C)c2C1. The number of urea groups is 1. The minimum atomic E-state index is -0.379. The monoisotopic (exact) mass is 452 g/mol. The number of carbonyl (C=O) groups excluding carboxylic acids is 2. The molecule has 1 saturated heterocycles. The average Bonchev–Trinajstić information content (AvgIpc) is 3.52. The molecule has 10 nitrogen and oxygen atoms in total. The van der Waals surface area contributed by atoms with Crippen LogP contribution in [-0.2, 0) is 22.6 Å². The van der Waals surface area contributed by atoms with Crippen LogP contribution in [0, 0.1) is 0 Å². The molecule has 2 aliphatic heterocycles. The van der Waals surface area contributed by atoms with Crippen molar-refractivity contribution < 1.29 is 19.1 Å². The van der Waals surface area contributed by atoms with Crippen molar-refractivity contribution in [2.45, 2.75) is 44.9 Å². The van der Waals surface area contributed by atoms with Crippen LogP contribution in [0.15, 0.2) is 24.3 Å². The zero-order valence-electron chi connectivity index (χ0n) is 18.8. The number of nitrogens with zero attached hydrogens (tertiary/aromatic N) is 4. The minimum Gasteiger partial charge on any atom is -0.453 e. The van der Waals surface area contributed by atoms with E-state index in [1.165, 1.54) is 7.11 Å². The van der Waals surface area contributed by atoms with E-state index in [4.69, 9.17) is 19.4 Å². The van der Waals surface area contributed by atoms with Crippen molar-refractivity contribution in [3.63, 3.8) is 0 Å². The van der Waals surface area contributed by atoms with Crippen LogP contribution in [-0.4, -0.2) is 65.9 Å². The number of aromatic nitrogens is 2. The van der Waals surface area contributed by atoms with Crippen molar-refractivity contribution in [2.75, 3.05) is 37.1 Å². The fourth-order valence-corrected chi connectivity index (χ4v) is 4.19. The number of hydrogen-bond acceptors (Lipinski definition) is 7. The Bertz CT molecular complexity index is 1060. The molecule has 1 aliphatic carbocycles. The Hall–Kier alpha value is -3.40. The van der Waals surface area contributed by atoms with Crippen molar-refractivity contribution in [2.24, 2.45) is 0 Å². The molecule has 1 aromatic heterocycles. The first-order valence-electron chi connectivity index (χ1n) is 11.3. The molecule has 2 fully saturated rings. The van der Waals surface area contributed by atoms with Gasteiger partial charge in [-0.05, 0) is 44.0 Å². The molecular weight excluding hydrogens is 424 g/mol. The first kappa shape index (κ1) is 21.4. The van der Waals surface area contributed by atoms with Crippen LogP contribution < -0.4 is 15.5 Å². The van der Waals surface area contributed by atoms with Crippen LogP contribution in [0.25, 0.3) is 11.4 Å². The van der Waals surface area contributed by atoms with Gasteiger partial charge in [-0.25, -0.2) is 19.6 Å². The molecule has 10 heteroatoms. The van der Waals surface area contributed by atoms with Gasteiger partial charge in [-0.15, -0.1) is 0 Å². The number of amides is 3. The van der Waals surface area contributed by atoms with Crippen LogP contribution in [0.5, 0.6) is 0 Å². The standard InChI is InChI=1S/C23H28N6O4/c1-14-13-33-10-9-29(14)21-18-11-28(23(31)32-2)12-19(18)26-20(27-21)15-3-5-16(6-4-15)24-22(30)25-17-7-8-17/h3-6,14,17H,7-13H2,1-2H3,(H2,24,25,30). The topological polar surface area (TPSA) is 109 Å². The maximum atomic E-state index is 12.2. The number of carbonyl (C=O) groups is 2. The van der Waals surface area contributed by atoms with E-state index in [-0.39, 0.29) is 18.2 Å². The predicted octanol–water partition coefficient (Wildman–Crippen LogP) is 2.73. The van der Waals surface area contributed by atoms with Gasteiger partial charge in [0.15, 0.2) is 5.82 Å². The highest BCUT2D eigenvalue weighted by molar-refractivity contribution is 5.89. The molecule has 3 heterocycles. The third-order valence-corrected chi connectivity index (χ3v) is 6.15. The van der Waals surface area contributed by atoms with E-state index in [1.807, 2.05) is 24.3 Å². The molecule has 1 saturated carbocycles. The highest BCUT2D eigenvalue weighted by Crippen LogP contribution is 2.34. The van der Waals surface area contributed by atoms with Crippen molar-refractivity contribution in [3.8, 4) is 11.4 Å². The molecular formula is C23H28N6O4. The maximum Gasteiger partial charge on any atom is 0.410 e. The van der Waals surface area contributed by atoms with Gasteiger partial charge in [0, 0.05) is 29.4 Å². The van der Waals surface area contributed by atoms with Crippen molar-refractivity contribution in [3.05, 3.63) is 35.5 Å². The van der Waals surface area contributed by atoms with E-state index in [1.54, 1.807) is 4.90 Å². The number of morpholine rings is 1. The van der Waals surface area contributed by atoms with E-state index >= 15 is 0 Å². The summed E-state index contributed by atoms with van der Waals surface area (Å²) >= 11 is 0. The number of benzene rings is 1. The molecule has 3 amide bonds. The Morgan fingerprint density at radius 2 is 1.94 bits per heavy atom. The fraction of sp³-hybridized carbons (Fsp3) is 0.478. The van der Waals surface area contributed by atoms with Gasteiger partial charge in [0.1, 0.15) is 5.82 Å². The Labute approximate surface area is 192 Å². The first-order chi connectivity index (χ1) is 16.0. The highest BCUT2D eigenvalue weighted by atomic mass is 16.5. The lowest BCUT2D eigenvalue weighted by atomic mass is 10.1. The number of rotatable bonds is 4. The Morgan fingerprint density at radius 3 is 2.64 bits per heavy atom. The number of anilines is 2. The molecule has 3 aliphatic rings. The van der Waals surface area contributed by atoms with Gasteiger partial charge in [0.25, 0.3) is 0 Å². The smallest absolute Gasteiger partial charge is 0.410 e. The van der Waals surface area contributed by atoms with Gasteiger partial charge in [-0.2, -0.15) is 0 Å². The molecule has 0 spiro atoms. The third-order valence-electron chi connectivity index (χ3n) is 6.15. The molecule has 2 N–H and O–H groups in total. The molecule has 33 heavy (non-hydrogen) atoms. The summed E-state index contributed by atoms with van der Waals surface area (Å²) in [5.74, 6) is 1.42. The third kappa shape index (κ3) is 4.56. The van der Waals surface area contributed by atoms with Crippen molar-refractivity contribution >= 4 is 23.6 Å². The van der Waals surface area contributed by atoms with Gasteiger partial charge in [-0.3, -0.25) is 4.90 Å². The molecule has 5 rings (SSSR count). The zero-order valence-corrected chi connectivity index (χ0v) is 18.8. The Balaban J connectivity index is 1.43. The Kier molecular flexibility index (Phi) is 5.76. The van der Waals surface area contributed by atoms with Crippen LogP contribution in [0.2, 0.25) is 0 Å².